The van der Waals surface area contributed by atoms with Crippen LogP contribution in [0.1, 0.15) is 31.2 Å². The number of imide groups is 2. The Kier molecular flexibility index (Phi) is 6.24. The van der Waals surface area contributed by atoms with E-state index in [4.69, 9.17) is 0 Å². The molecule has 47 heavy (non-hydrogen) atoms. The summed E-state index contributed by atoms with van der Waals surface area (Å²) in [7, 11) is 0. The normalized spacial score (nSPS) is 28.3. The molecular formula is C37H29N3O7. The number of para-hydroxylation sites is 1. The van der Waals surface area contributed by atoms with Crippen LogP contribution >= 0.6 is 0 Å². The summed E-state index contributed by atoms with van der Waals surface area (Å²) in [6, 6.07) is 25.0. The highest BCUT2D eigenvalue weighted by molar-refractivity contribution is 6.25. The first-order chi connectivity index (χ1) is 22.6. The summed E-state index contributed by atoms with van der Waals surface area (Å²) in [5, 5.41) is 23.6. The molecule has 4 aromatic rings. The van der Waals surface area contributed by atoms with Gasteiger partial charge in [-0.15, -0.1) is 0 Å². The van der Waals surface area contributed by atoms with E-state index in [1.165, 1.54) is 29.2 Å². The van der Waals surface area contributed by atoms with Crippen LogP contribution in [0.2, 0.25) is 0 Å². The van der Waals surface area contributed by atoms with Crippen LogP contribution in [0.5, 0.6) is 5.75 Å². The number of nitrogens with zero attached hydrogens (tertiary/aromatic N) is 3. The summed E-state index contributed by atoms with van der Waals surface area (Å²) in [6.07, 6.45) is 2.39. The second kappa shape index (κ2) is 10.2. The third-order valence-electron chi connectivity index (χ3n) is 10.8. The van der Waals surface area contributed by atoms with Crippen molar-refractivity contribution in [2.24, 2.45) is 29.1 Å². The van der Waals surface area contributed by atoms with Crippen LogP contribution in [-0.4, -0.2) is 33.7 Å². The quantitative estimate of drug-likeness (QED) is 0.129. The number of allylic oxidation sites excluding steroid dienone is 2. The fourth-order valence-corrected chi connectivity index (χ4v) is 8.74. The molecule has 2 aliphatic heterocycles. The molecule has 0 spiro atoms. The van der Waals surface area contributed by atoms with E-state index in [9.17, 15) is 34.4 Å². The third-order valence-corrected chi connectivity index (χ3v) is 10.8. The fourth-order valence-electron chi connectivity index (χ4n) is 8.74. The molecule has 234 valence electrons. The van der Waals surface area contributed by atoms with Crippen LogP contribution in [-0.2, 0) is 19.2 Å². The van der Waals surface area contributed by atoms with Crippen molar-refractivity contribution in [3.63, 3.8) is 0 Å². The predicted molar refractivity (Wildman–Crippen MR) is 172 cm³/mol. The summed E-state index contributed by atoms with van der Waals surface area (Å²) >= 11 is 0. The minimum Gasteiger partial charge on any atom is -0.507 e. The summed E-state index contributed by atoms with van der Waals surface area (Å²) in [5.74, 6) is -5.03. The van der Waals surface area contributed by atoms with Crippen LogP contribution < -0.4 is 9.80 Å². The molecule has 0 bridgehead atoms. The molecule has 0 radical (unpaired) electrons. The van der Waals surface area contributed by atoms with E-state index in [2.05, 4.69) is 0 Å². The minimum absolute atomic E-state index is 0.0833. The van der Waals surface area contributed by atoms with Crippen molar-refractivity contribution in [3.8, 4) is 5.75 Å². The Labute approximate surface area is 269 Å². The van der Waals surface area contributed by atoms with Crippen molar-refractivity contribution in [3.05, 3.63) is 118 Å². The molecule has 3 fully saturated rings. The van der Waals surface area contributed by atoms with Crippen molar-refractivity contribution < 1.29 is 29.2 Å². The van der Waals surface area contributed by atoms with Crippen molar-refractivity contribution in [1.82, 2.24) is 0 Å². The number of non-ortho nitro benzene ring substituents is 1. The van der Waals surface area contributed by atoms with E-state index >= 15 is 0 Å². The lowest BCUT2D eigenvalue weighted by atomic mass is 9.51. The van der Waals surface area contributed by atoms with E-state index in [0.717, 1.165) is 21.4 Å². The predicted octanol–water partition coefficient (Wildman–Crippen LogP) is 5.89. The number of nitro benzene ring substituents is 1. The van der Waals surface area contributed by atoms with E-state index < -0.39 is 51.7 Å². The zero-order chi connectivity index (χ0) is 32.8. The first-order valence-electron chi connectivity index (χ1n) is 15.6. The first kappa shape index (κ1) is 28.8. The standard InChI is InChI=1S/C37H29N3O7/c1-37-29(34(43)39(36(37)45)20-8-3-2-4-9-20)19-28-26(32(37)25-16-17-30(41)24-13-6-5-12-23(24)25)14-15-27-31(28)35(44)38(33(27)42)21-10-7-11-22(18-21)40(46)47/h2-14,16-18,27-29,31-32,41H,15,19H2,1H3. The van der Waals surface area contributed by atoms with Crippen molar-refractivity contribution in [2.45, 2.75) is 25.7 Å². The zero-order valence-corrected chi connectivity index (χ0v) is 25.3. The van der Waals surface area contributed by atoms with Gasteiger partial charge in [-0.3, -0.25) is 29.3 Å². The Bertz CT molecular complexity index is 2090. The highest BCUT2D eigenvalue weighted by Gasteiger charge is 2.67. The number of aromatic hydroxyl groups is 1. The molecule has 2 aliphatic carbocycles. The Morgan fingerprint density at radius 3 is 2.23 bits per heavy atom. The van der Waals surface area contributed by atoms with Gasteiger partial charge in [0.25, 0.3) is 5.69 Å². The maximum Gasteiger partial charge on any atom is 0.271 e. The molecule has 8 rings (SSSR count). The molecule has 4 aliphatic rings. The molecule has 0 aromatic heterocycles. The van der Waals surface area contributed by atoms with Gasteiger partial charge in [-0.1, -0.05) is 66.2 Å². The van der Waals surface area contributed by atoms with E-state index in [1.54, 1.807) is 42.5 Å². The van der Waals surface area contributed by atoms with Crippen LogP contribution in [0, 0.1) is 39.2 Å². The lowest BCUT2D eigenvalue weighted by Gasteiger charge is -2.49. The fraction of sp³-hybridized carbons (Fsp3) is 0.243. The number of benzene rings is 4. The topological polar surface area (TPSA) is 138 Å². The second-order valence-corrected chi connectivity index (χ2v) is 13.0. The largest absolute Gasteiger partial charge is 0.507 e. The SMILES string of the molecule is CC12C(=O)N(c3ccccc3)C(=O)C1CC1C(=CCC3C(=O)N(c4cccc([N+](=O)[O-])c4)C(=O)C31)C2c1ccc(O)c2ccccc12. The van der Waals surface area contributed by atoms with E-state index in [1.807, 2.05) is 37.3 Å². The van der Waals surface area contributed by atoms with Gasteiger partial charge in [0.15, 0.2) is 0 Å². The van der Waals surface area contributed by atoms with E-state index in [-0.39, 0.29) is 41.8 Å². The van der Waals surface area contributed by atoms with Gasteiger partial charge >= 0.3 is 0 Å². The number of nitro groups is 1. The molecule has 6 atom stereocenters. The number of carbonyl (C=O) groups excluding carboxylic acids is 4. The number of amides is 4. The smallest absolute Gasteiger partial charge is 0.271 e. The molecule has 10 heteroatoms. The summed E-state index contributed by atoms with van der Waals surface area (Å²) in [4.78, 5) is 70.4. The number of hydrogen-bond acceptors (Lipinski definition) is 7. The van der Waals surface area contributed by atoms with Gasteiger partial charge in [-0.25, -0.2) is 9.80 Å². The highest BCUT2D eigenvalue weighted by Crippen LogP contribution is 2.64. The molecule has 4 amide bonds. The monoisotopic (exact) mass is 627 g/mol. The number of hydrogen-bond donors (Lipinski definition) is 1. The number of anilines is 2. The molecule has 4 aromatic carbocycles. The average molecular weight is 628 g/mol. The van der Waals surface area contributed by atoms with Crippen LogP contribution in [0.15, 0.2) is 103 Å². The van der Waals surface area contributed by atoms with Crippen LogP contribution in [0.4, 0.5) is 17.1 Å². The molecule has 1 N–H and O–H groups in total. The number of rotatable bonds is 4. The molecule has 1 saturated carbocycles. The zero-order valence-electron chi connectivity index (χ0n) is 25.3. The third kappa shape index (κ3) is 3.90. The van der Waals surface area contributed by atoms with Gasteiger partial charge < -0.3 is 5.11 Å². The van der Waals surface area contributed by atoms with Gasteiger partial charge in [-0.05, 0) is 60.9 Å². The Hall–Kier alpha value is -5.64. The van der Waals surface area contributed by atoms with Gasteiger partial charge in [0, 0.05) is 23.4 Å². The Morgan fingerprint density at radius 1 is 0.787 bits per heavy atom. The molecule has 2 heterocycles. The van der Waals surface area contributed by atoms with Gasteiger partial charge in [0.05, 0.1) is 39.5 Å². The number of fused-ring (bicyclic) bond motifs is 5. The van der Waals surface area contributed by atoms with Crippen molar-refractivity contribution in [2.75, 3.05) is 9.80 Å². The van der Waals surface area contributed by atoms with Gasteiger partial charge in [-0.2, -0.15) is 0 Å². The summed E-state index contributed by atoms with van der Waals surface area (Å²) in [6.45, 7) is 1.83. The maximum absolute atomic E-state index is 14.6. The van der Waals surface area contributed by atoms with Crippen LogP contribution in [0.25, 0.3) is 10.8 Å². The Balaban J connectivity index is 1.30. The average Bonchev–Trinajstić information content (AvgIpc) is 3.45. The summed E-state index contributed by atoms with van der Waals surface area (Å²) in [5.41, 5.74) is 0.705. The number of phenols is 1. The molecule has 6 unspecified atom stereocenters. The molecule has 2 saturated heterocycles. The maximum atomic E-state index is 14.6. The van der Waals surface area contributed by atoms with Gasteiger partial charge in [0.1, 0.15) is 5.75 Å². The van der Waals surface area contributed by atoms with Crippen molar-refractivity contribution in [1.29, 1.82) is 0 Å². The minimum atomic E-state index is -1.23. The molecular weight excluding hydrogens is 598 g/mol. The van der Waals surface area contributed by atoms with E-state index in [0.29, 0.717) is 11.1 Å². The second-order valence-electron chi connectivity index (χ2n) is 13.0. The summed E-state index contributed by atoms with van der Waals surface area (Å²) < 4.78 is 0. The first-order valence-corrected chi connectivity index (χ1v) is 15.6. The Morgan fingerprint density at radius 2 is 1.49 bits per heavy atom. The number of carbonyl (C=O) groups is 4. The van der Waals surface area contributed by atoms with Crippen LogP contribution in [0.3, 0.4) is 0 Å². The van der Waals surface area contributed by atoms with Gasteiger partial charge in [0.2, 0.25) is 23.6 Å². The lowest BCUT2D eigenvalue weighted by Crippen LogP contribution is -2.49. The lowest BCUT2D eigenvalue weighted by molar-refractivity contribution is -0.384. The molecule has 10 nitrogen and oxygen atoms in total. The highest BCUT2D eigenvalue weighted by atomic mass is 16.6. The van der Waals surface area contributed by atoms with Crippen molar-refractivity contribution >= 4 is 51.5 Å². The number of phenolic OH excluding ortho intramolecular Hbond substituents is 1.